The van der Waals surface area contributed by atoms with Gasteiger partial charge in [-0.15, -0.1) is 11.3 Å². The van der Waals surface area contributed by atoms with E-state index in [2.05, 4.69) is 29.7 Å². The molecule has 0 saturated carbocycles. The number of esters is 1. The fourth-order valence-corrected chi connectivity index (χ4v) is 3.86. The van der Waals surface area contributed by atoms with E-state index in [9.17, 15) is 4.79 Å². The van der Waals surface area contributed by atoms with Crippen molar-refractivity contribution in [2.24, 2.45) is 0 Å². The number of hydrogen-bond donors (Lipinski definition) is 2. The van der Waals surface area contributed by atoms with Crippen LogP contribution in [0.25, 0.3) is 0 Å². The molecule has 1 aromatic heterocycles. The van der Waals surface area contributed by atoms with Crippen molar-refractivity contribution in [1.82, 2.24) is 5.32 Å². The lowest BCUT2D eigenvalue weighted by Crippen LogP contribution is -2.29. The maximum atomic E-state index is 12.3. The molecule has 1 aromatic carbocycles. The average Bonchev–Trinajstić information content (AvgIpc) is 3.02. The molecule has 0 radical (unpaired) electrons. The summed E-state index contributed by atoms with van der Waals surface area (Å²) in [6.07, 6.45) is 4.19. The molecule has 0 fully saturated rings. The van der Waals surface area contributed by atoms with E-state index < -0.39 is 0 Å². The minimum absolute atomic E-state index is 0.320. The normalized spacial score (nSPS) is 10.4. The van der Waals surface area contributed by atoms with Crippen molar-refractivity contribution in [3.05, 3.63) is 52.4 Å². The summed E-state index contributed by atoms with van der Waals surface area (Å²) in [4.78, 5) is 13.4. The minimum Gasteiger partial charge on any atom is -0.462 e. The summed E-state index contributed by atoms with van der Waals surface area (Å²) < 4.78 is 5.19. The average molecular weight is 391 g/mol. The Kier molecular flexibility index (Phi) is 8.58. The van der Waals surface area contributed by atoms with Crippen LogP contribution in [-0.4, -0.2) is 24.2 Å². The van der Waals surface area contributed by atoms with Gasteiger partial charge >= 0.3 is 5.97 Å². The zero-order valence-electron chi connectivity index (χ0n) is 15.3. The standard InChI is InChI=1S/C20H26N2O2S2/c1-3-5-9-12-21-20(25)22-18-17(19(23)24-4-2)14-16(26-18)13-15-10-7-6-8-11-15/h6-8,10-11,14H,3-5,9,12-13H2,1-2H3,(H2,21,22,25). The summed E-state index contributed by atoms with van der Waals surface area (Å²) in [6.45, 7) is 5.16. The largest absolute Gasteiger partial charge is 0.462 e. The highest BCUT2D eigenvalue weighted by Gasteiger charge is 2.18. The number of nitrogens with one attached hydrogen (secondary N) is 2. The fourth-order valence-electron chi connectivity index (χ4n) is 2.50. The van der Waals surface area contributed by atoms with Gasteiger partial charge in [-0.2, -0.15) is 0 Å². The van der Waals surface area contributed by atoms with Gasteiger partial charge in [0.25, 0.3) is 0 Å². The number of thiocarbonyl (C=S) groups is 1. The van der Waals surface area contributed by atoms with E-state index in [0.717, 1.165) is 29.3 Å². The highest BCUT2D eigenvalue weighted by atomic mass is 32.1. The zero-order valence-corrected chi connectivity index (χ0v) is 17.0. The van der Waals surface area contributed by atoms with Gasteiger partial charge in [0.2, 0.25) is 0 Å². The fraction of sp³-hybridized carbons (Fsp3) is 0.400. The lowest BCUT2D eigenvalue weighted by atomic mass is 10.1. The van der Waals surface area contributed by atoms with E-state index in [1.54, 1.807) is 11.3 Å². The Hall–Kier alpha value is -1.92. The molecule has 2 aromatic rings. The Morgan fingerprint density at radius 2 is 1.96 bits per heavy atom. The first kappa shape index (κ1) is 20.4. The van der Waals surface area contributed by atoms with Gasteiger partial charge in [0.15, 0.2) is 5.11 Å². The van der Waals surface area contributed by atoms with Crippen LogP contribution in [0.2, 0.25) is 0 Å². The Balaban J connectivity index is 2.09. The second-order valence-electron chi connectivity index (χ2n) is 5.93. The molecule has 0 saturated heterocycles. The summed E-state index contributed by atoms with van der Waals surface area (Å²) in [5, 5.41) is 7.65. The van der Waals surface area contributed by atoms with Crippen molar-refractivity contribution in [3.63, 3.8) is 0 Å². The summed E-state index contributed by atoms with van der Waals surface area (Å²) >= 11 is 6.91. The molecule has 0 bridgehead atoms. The van der Waals surface area contributed by atoms with Gasteiger partial charge < -0.3 is 15.4 Å². The third-order valence-electron chi connectivity index (χ3n) is 3.79. The molecular weight excluding hydrogens is 364 g/mol. The number of thiophene rings is 1. The number of carbonyl (C=O) groups is 1. The van der Waals surface area contributed by atoms with Crippen LogP contribution >= 0.6 is 23.6 Å². The second kappa shape index (κ2) is 10.9. The molecule has 1 heterocycles. The number of rotatable bonds is 9. The SMILES string of the molecule is CCCCCNC(=S)Nc1sc(Cc2ccccc2)cc1C(=O)OCC. The highest BCUT2D eigenvalue weighted by molar-refractivity contribution is 7.80. The second-order valence-corrected chi connectivity index (χ2v) is 7.47. The smallest absolute Gasteiger partial charge is 0.341 e. The van der Waals surface area contributed by atoms with Crippen LogP contribution in [0, 0.1) is 0 Å². The number of unbranched alkanes of at least 4 members (excludes halogenated alkanes) is 2. The van der Waals surface area contributed by atoms with Crippen LogP contribution in [0.1, 0.15) is 53.9 Å². The number of benzene rings is 1. The van der Waals surface area contributed by atoms with E-state index >= 15 is 0 Å². The van der Waals surface area contributed by atoms with Crippen molar-refractivity contribution in [2.75, 3.05) is 18.5 Å². The molecule has 0 unspecified atom stereocenters. The van der Waals surface area contributed by atoms with Crippen molar-refractivity contribution in [2.45, 2.75) is 39.5 Å². The molecule has 0 spiro atoms. The first-order chi connectivity index (χ1) is 12.6. The number of anilines is 1. The molecule has 4 nitrogen and oxygen atoms in total. The topological polar surface area (TPSA) is 50.4 Å². The quantitative estimate of drug-likeness (QED) is 0.359. The lowest BCUT2D eigenvalue weighted by Gasteiger charge is -2.10. The Morgan fingerprint density at radius 1 is 1.19 bits per heavy atom. The van der Waals surface area contributed by atoms with Gasteiger partial charge in [0.1, 0.15) is 5.00 Å². The van der Waals surface area contributed by atoms with Gasteiger partial charge in [-0.1, -0.05) is 50.1 Å². The molecule has 0 aliphatic carbocycles. The van der Waals surface area contributed by atoms with Crippen LogP contribution in [-0.2, 0) is 11.2 Å². The number of hydrogen-bond acceptors (Lipinski definition) is 4. The molecule has 0 aliphatic heterocycles. The third kappa shape index (κ3) is 6.42. The molecule has 0 amide bonds. The van der Waals surface area contributed by atoms with Gasteiger partial charge in [0, 0.05) is 17.8 Å². The van der Waals surface area contributed by atoms with Gasteiger partial charge in [-0.05, 0) is 37.2 Å². The van der Waals surface area contributed by atoms with Crippen LogP contribution in [0.15, 0.2) is 36.4 Å². The summed E-state index contributed by atoms with van der Waals surface area (Å²) in [7, 11) is 0. The van der Waals surface area contributed by atoms with Crippen molar-refractivity contribution in [3.8, 4) is 0 Å². The van der Waals surface area contributed by atoms with Crippen LogP contribution in [0.3, 0.4) is 0 Å². The number of ether oxygens (including phenoxy) is 1. The van der Waals surface area contributed by atoms with Crippen LogP contribution in [0.4, 0.5) is 5.00 Å². The van der Waals surface area contributed by atoms with Crippen LogP contribution < -0.4 is 10.6 Å². The molecule has 0 aliphatic rings. The van der Waals surface area contributed by atoms with E-state index in [-0.39, 0.29) is 5.97 Å². The summed E-state index contributed by atoms with van der Waals surface area (Å²) in [5.41, 5.74) is 1.75. The molecule has 2 rings (SSSR count). The number of carbonyl (C=O) groups excluding carboxylic acids is 1. The van der Waals surface area contributed by atoms with E-state index in [1.165, 1.54) is 18.4 Å². The van der Waals surface area contributed by atoms with Gasteiger partial charge in [-0.25, -0.2) is 4.79 Å². The van der Waals surface area contributed by atoms with Crippen molar-refractivity contribution in [1.29, 1.82) is 0 Å². The molecule has 26 heavy (non-hydrogen) atoms. The monoisotopic (exact) mass is 390 g/mol. The molecule has 6 heteroatoms. The van der Waals surface area contributed by atoms with E-state index in [4.69, 9.17) is 17.0 Å². The van der Waals surface area contributed by atoms with Crippen molar-refractivity contribution >= 4 is 39.6 Å². The predicted molar refractivity (Wildman–Crippen MR) is 113 cm³/mol. The Bertz CT molecular complexity index is 714. The minimum atomic E-state index is -0.320. The Labute approximate surface area is 165 Å². The highest BCUT2D eigenvalue weighted by Crippen LogP contribution is 2.30. The van der Waals surface area contributed by atoms with Gasteiger partial charge in [-0.3, -0.25) is 0 Å². The van der Waals surface area contributed by atoms with Crippen molar-refractivity contribution < 1.29 is 9.53 Å². The first-order valence-corrected chi connectivity index (χ1v) is 10.2. The van der Waals surface area contributed by atoms with Gasteiger partial charge in [0.05, 0.1) is 12.2 Å². The summed E-state index contributed by atoms with van der Waals surface area (Å²) in [6, 6.07) is 12.1. The zero-order chi connectivity index (χ0) is 18.8. The molecular formula is C20H26N2O2S2. The molecule has 0 atom stereocenters. The maximum Gasteiger partial charge on any atom is 0.341 e. The predicted octanol–water partition coefficient (Wildman–Crippen LogP) is 4.99. The van der Waals surface area contributed by atoms with E-state index in [0.29, 0.717) is 17.3 Å². The summed E-state index contributed by atoms with van der Waals surface area (Å²) in [5.74, 6) is -0.320. The van der Waals surface area contributed by atoms with E-state index in [1.807, 2.05) is 31.2 Å². The Morgan fingerprint density at radius 3 is 2.65 bits per heavy atom. The first-order valence-electron chi connectivity index (χ1n) is 9.02. The maximum absolute atomic E-state index is 12.3. The molecule has 140 valence electrons. The lowest BCUT2D eigenvalue weighted by molar-refractivity contribution is 0.0528. The van der Waals surface area contributed by atoms with Crippen LogP contribution in [0.5, 0.6) is 0 Å². The molecule has 2 N–H and O–H groups in total. The third-order valence-corrected chi connectivity index (χ3v) is 5.09.